The summed E-state index contributed by atoms with van der Waals surface area (Å²) in [5.74, 6) is 1.05. The summed E-state index contributed by atoms with van der Waals surface area (Å²) in [5, 5.41) is 3.22. The van der Waals surface area contributed by atoms with E-state index in [1.54, 1.807) is 0 Å². The fraction of sp³-hybridized carbons (Fsp3) is 0.632. The molecule has 2 rings (SSSR count). The monoisotopic (exact) mass is 318 g/mol. The van der Waals surface area contributed by atoms with Crippen LogP contribution in [0.1, 0.15) is 44.6 Å². The van der Waals surface area contributed by atoms with Crippen LogP contribution in [0.25, 0.3) is 0 Å². The van der Waals surface area contributed by atoms with Gasteiger partial charge in [-0.15, -0.1) is 0 Å². The van der Waals surface area contributed by atoms with Gasteiger partial charge in [0.25, 0.3) is 0 Å². The maximum absolute atomic E-state index is 12.3. The molecule has 1 aromatic carbocycles. The Balaban J connectivity index is 1.81. The molecule has 1 saturated carbocycles. The van der Waals surface area contributed by atoms with Crippen molar-refractivity contribution in [2.24, 2.45) is 0 Å². The standard InChI is InChI=1S/C19H30N2O2/c1-4-23-18-11-6-5-8-15(18)12-13-19(22)20-16-9-7-10-17(14-16)21(2)3/h5-6,8,11,16-17H,4,7,9-10,12-14H2,1-3H3,(H,20,22)/t16-,17+/m0/s1. The summed E-state index contributed by atoms with van der Waals surface area (Å²) in [7, 11) is 4.25. The average Bonchev–Trinajstić information content (AvgIpc) is 2.54. The molecule has 0 spiro atoms. The van der Waals surface area contributed by atoms with Crippen LogP contribution in [0.15, 0.2) is 24.3 Å². The van der Waals surface area contributed by atoms with Gasteiger partial charge in [-0.1, -0.05) is 18.2 Å². The van der Waals surface area contributed by atoms with E-state index in [2.05, 4.69) is 24.3 Å². The predicted octanol–water partition coefficient (Wildman–Crippen LogP) is 3.01. The zero-order chi connectivity index (χ0) is 16.7. The van der Waals surface area contributed by atoms with Crippen molar-refractivity contribution < 1.29 is 9.53 Å². The molecule has 128 valence electrons. The maximum Gasteiger partial charge on any atom is 0.220 e. The van der Waals surface area contributed by atoms with E-state index in [1.165, 1.54) is 12.8 Å². The van der Waals surface area contributed by atoms with Crippen molar-refractivity contribution in [3.8, 4) is 5.75 Å². The van der Waals surface area contributed by atoms with Gasteiger partial charge in [0.1, 0.15) is 5.75 Å². The van der Waals surface area contributed by atoms with Crippen molar-refractivity contribution in [1.82, 2.24) is 10.2 Å². The lowest BCUT2D eigenvalue weighted by molar-refractivity contribution is -0.122. The number of rotatable bonds is 7. The Hall–Kier alpha value is -1.55. The molecule has 1 N–H and O–H groups in total. The quantitative estimate of drug-likeness (QED) is 0.840. The molecule has 0 saturated heterocycles. The second-order valence-corrected chi connectivity index (χ2v) is 6.59. The first-order valence-electron chi connectivity index (χ1n) is 8.76. The topological polar surface area (TPSA) is 41.6 Å². The zero-order valence-electron chi connectivity index (χ0n) is 14.7. The van der Waals surface area contributed by atoms with E-state index in [0.717, 1.165) is 30.6 Å². The summed E-state index contributed by atoms with van der Waals surface area (Å²) < 4.78 is 5.62. The minimum atomic E-state index is 0.153. The van der Waals surface area contributed by atoms with Crippen LogP contribution in [-0.2, 0) is 11.2 Å². The van der Waals surface area contributed by atoms with Crippen molar-refractivity contribution in [1.29, 1.82) is 0 Å². The van der Waals surface area contributed by atoms with E-state index < -0.39 is 0 Å². The Labute approximate surface area is 140 Å². The Morgan fingerprint density at radius 3 is 2.83 bits per heavy atom. The lowest BCUT2D eigenvalue weighted by Crippen LogP contribution is -2.43. The summed E-state index contributed by atoms with van der Waals surface area (Å²) in [6.07, 6.45) is 5.85. The summed E-state index contributed by atoms with van der Waals surface area (Å²) >= 11 is 0. The Morgan fingerprint density at radius 2 is 2.09 bits per heavy atom. The molecule has 1 aliphatic carbocycles. The van der Waals surface area contributed by atoms with E-state index >= 15 is 0 Å². The molecule has 0 heterocycles. The zero-order valence-corrected chi connectivity index (χ0v) is 14.7. The van der Waals surface area contributed by atoms with Gasteiger partial charge in [0.05, 0.1) is 6.61 Å². The van der Waals surface area contributed by atoms with Gasteiger partial charge >= 0.3 is 0 Å². The highest BCUT2D eigenvalue weighted by molar-refractivity contribution is 5.76. The van der Waals surface area contributed by atoms with Gasteiger partial charge in [0.2, 0.25) is 5.91 Å². The van der Waals surface area contributed by atoms with Crippen LogP contribution in [0.5, 0.6) is 5.75 Å². The summed E-state index contributed by atoms with van der Waals surface area (Å²) in [6, 6.07) is 8.90. The number of benzene rings is 1. The lowest BCUT2D eigenvalue weighted by atomic mass is 9.90. The first-order valence-corrected chi connectivity index (χ1v) is 8.76. The lowest BCUT2D eigenvalue weighted by Gasteiger charge is -2.33. The van der Waals surface area contributed by atoms with Crippen LogP contribution in [0, 0.1) is 0 Å². The minimum absolute atomic E-state index is 0.153. The third-order valence-electron chi connectivity index (χ3n) is 4.64. The number of carbonyl (C=O) groups excluding carboxylic acids is 1. The first-order chi connectivity index (χ1) is 11.1. The summed E-state index contributed by atoms with van der Waals surface area (Å²) in [6.45, 7) is 2.63. The number of hydrogen-bond acceptors (Lipinski definition) is 3. The number of nitrogens with zero attached hydrogens (tertiary/aromatic N) is 1. The number of aryl methyl sites for hydroxylation is 1. The average molecular weight is 318 g/mol. The molecule has 0 bridgehead atoms. The molecule has 2 atom stereocenters. The van der Waals surface area contributed by atoms with Gasteiger partial charge in [-0.25, -0.2) is 0 Å². The number of para-hydroxylation sites is 1. The second kappa shape index (κ2) is 8.92. The van der Waals surface area contributed by atoms with Gasteiger partial charge < -0.3 is 15.0 Å². The van der Waals surface area contributed by atoms with Crippen LogP contribution in [0.3, 0.4) is 0 Å². The number of carbonyl (C=O) groups is 1. The Kier molecular flexibility index (Phi) is 6.90. The van der Waals surface area contributed by atoms with Crippen molar-refractivity contribution in [3.63, 3.8) is 0 Å². The fourth-order valence-electron chi connectivity index (χ4n) is 3.32. The van der Waals surface area contributed by atoms with Crippen molar-refractivity contribution >= 4 is 5.91 Å². The molecule has 0 aromatic heterocycles. The molecule has 4 nitrogen and oxygen atoms in total. The first kappa shape index (κ1) is 17.8. The molecule has 23 heavy (non-hydrogen) atoms. The molecule has 1 fully saturated rings. The highest BCUT2D eigenvalue weighted by Gasteiger charge is 2.24. The van der Waals surface area contributed by atoms with Gasteiger partial charge in [-0.2, -0.15) is 0 Å². The van der Waals surface area contributed by atoms with Crippen molar-refractivity contribution in [3.05, 3.63) is 29.8 Å². The fourth-order valence-corrected chi connectivity index (χ4v) is 3.32. The van der Waals surface area contributed by atoms with Gasteiger partial charge in [0, 0.05) is 18.5 Å². The molecule has 0 aliphatic heterocycles. The number of hydrogen-bond donors (Lipinski definition) is 1. The maximum atomic E-state index is 12.3. The van der Waals surface area contributed by atoms with Crippen molar-refractivity contribution in [2.45, 2.75) is 57.5 Å². The molecule has 0 radical (unpaired) electrons. The predicted molar refractivity (Wildman–Crippen MR) is 93.8 cm³/mol. The number of ether oxygens (including phenoxy) is 1. The van der Waals surface area contributed by atoms with Gasteiger partial charge in [-0.3, -0.25) is 4.79 Å². The summed E-state index contributed by atoms with van der Waals surface area (Å²) in [4.78, 5) is 14.5. The van der Waals surface area contributed by atoms with E-state index in [0.29, 0.717) is 25.1 Å². The van der Waals surface area contributed by atoms with Gasteiger partial charge in [0.15, 0.2) is 0 Å². The van der Waals surface area contributed by atoms with Crippen LogP contribution < -0.4 is 10.1 Å². The molecule has 4 heteroatoms. The Morgan fingerprint density at radius 1 is 1.30 bits per heavy atom. The van der Waals surface area contributed by atoms with E-state index in [9.17, 15) is 4.79 Å². The highest BCUT2D eigenvalue weighted by atomic mass is 16.5. The highest BCUT2D eigenvalue weighted by Crippen LogP contribution is 2.22. The number of amides is 1. The SMILES string of the molecule is CCOc1ccccc1CCC(=O)N[C@H]1CCC[C@@H](N(C)C)C1. The molecule has 1 aromatic rings. The second-order valence-electron chi connectivity index (χ2n) is 6.59. The number of nitrogens with one attached hydrogen (secondary N) is 1. The van der Waals surface area contributed by atoms with Crippen LogP contribution >= 0.6 is 0 Å². The molecular weight excluding hydrogens is 288 g/mol. The van der Waals surface area contributed by atoms with E-state index in [4.69, 9.17) is 4.74 Å². The van der Waals surface area contributed by atoms with Crippen LogP contribution in [0.2, 0.25) is 0 Å². The van der Waals surface area contributed by atoms with Crippen LogP contribution in [-0.4, -0.2) is 43.6 Å². The third kappa shape index (κ3) is 5.54. The summed E-state index contributed by atoms with van der Waals surface area (Å²) in [5.41, 5.74) is 1.11. The molecule has 0 unspecified atom stereocenters. The molecule has 1 aliphatic rings. The minimum Gasteiger partial charge on any atom is -0.494 e. The van der Waals surface area contributed by atoms with Crippen LogP contribution in [0.4, 0.5) is 0 Å². The Bertz CT molecular complexity index is 502. The molecule has 1 amide bonds. The third-order valence-corrected chi connectivity index (χ3v) is 4.64. The van der Waals surface area contributed by atoms with E-state index in [-0.39, 0.29) is 5.91 Å². The van der Waals surface area contributed by atoms with Gasteiger partial charge in [-0.05, 0) is 64.8 Å². The molecular formula is C19H30N2O2. The largest absolute Gasteiger partial charge is 0.494 e. The van der Waals surface area contributed by atoms with E-state index in [1.807, 2.05) is 31.2 Å². The normalized spacial score (nSPS) is 21.2. The smallest absolute Gasteiger partial charge is 0.220 e. The van der Waals surface area contributed by atoms with Crippen molar-refractivity contribution in [2.75, 3.05) is 20.7 Å².